The first-order chi connectivity index (χ1) is 6.94. The number of ether oxygens (including phenoxy) is 2. The van der Waals surface area contributed by atoms with Gasteiger partial charge < -0.3 is 14.6 Å². The Morgan fingerprint density at radius 1 is 1.27 bits per heavy atom. The summed E-state index contributed by atoms with van der Waals surface area (Å²) in [5, 5.41) is 9.95. The van der Waals surface area contributed by atoms with Gasteiger partial charge in [-0.15, -0.1) is 0 Å². The van der Waals surface area contributed by atoms with Gasteiger partial charge in [-0.25, -0.2) is 0 Å². The highest BCUT2D eigenvalue weighted by atomic mass is 16.5. The molecule has 0 aromatic rings. The molecule has 0 amide bonds. The van der Waals surface area contributed by atoms with E-state index in [9.17, 15) is 5.11 Å². The van der Waals surface area contributed by atoms with E-state index >= 15 is 0 Å². The molecule has 3 heteroatoms. The van der Waals surface area contributed by atoms with E-state index < -0.39 is 0 Å². The lowest BCUT2D eigenvalue weighted by atomic mass is 9.59. The topological polar surface area (TPSA) is 38.7 Å². The Morgan fingerprint density at radius 2 is 1.87 bits per heavy atom. The number of hydrogen-bond acceptors (Lipinski definition) is 3. The zero-order valence-electron chi connectivity index (χ0n) is 9.95. The van der Waals surface area contributed by atoms with E-state index in [1.54, 1.807) is 0 Å². The van der Waals surface area contributed by atoms with Crippen LogP contribution in [0.2, 0.25) is 0 Å². The van der Waals surface area contributed by atoms with Gasteiger partial charge in [-0.05, 0) is 33.6 Å². The molecule has 0 aromatic heterocycles. The van der Waals surface area contributed by atoms with E-state index in [1.807, 2.05) is 0 Å². The van der Waals surface area contributed by atoms with Gasteiger partial charge in [-0.3, -0.25) is 0 Å². The van der Waals surface area contributed by atoms with Crippen LogP contribution >= 0.6 is 0 Å². The van der Waals surface area contributed by atoms with E-state index in [0.29, 0.717) is 0 Å². The van der Waals surface area contributed by atoms with Crippen molar-refractivity contribution in [3.05, 3.63) is 0 Å². The standard InChI is InChI=1S/C12H22O3/c1-11(2,3)15-10-8-9(13)12(10)4-6-14-7-5-12/h9-10,13H,4-8H2,1-3H3. The van der Waals surface area contributed by atoms with Crippen molar-refractivity contribution in [2.75, 3.05) is 13.2 Å². The molecule has 1 spiro atoms. The molecule has 2 fully saturated rings. The molecule has 1 N–H and O–H groups in total. The minimum absolute atomic E-state index is 0.00840. The monoisotopic (exact) mass is 214 g/mol. The Bertz CT molecular complexity index is 226. The highest BCUT2D eigenvalue weighted by molar-refractivity contribution is 5.05. The van der Waals surface area contributed by atoms with Crippen LogP contribution < -0.4 is 0 Å². The van der Waals surface area contributed by atoms with E-state index in [2.05, 4.69) is 20.8 Å². The molecule has 0 bridgehead atoms. The van der Waals surface area contributed by atoms with Gasteiger partial charge in [0.05, 0.1) is 17.8 Å². The smallest absolute Gasteiger partial charge is 0.0689 e. The predicted molar refractivity (Wildman–Crippen MR) is 57.7 cm³/mol. The zero-order valence-corrected chi connectivity index (χ0v) is 9.95. The Labute approximate surface area is 91.8 Å². The summed E-state index contributed by atoms with van der Waals surface area (Å²) in [5.74, 6) is 0. The Balaban J connectivity index is 2.02. The lowest BCUT2D eigenvalue weighted by Crippen LogP contribution is -2.61. The molecule has 2 atom stereocenters. The molecule has 15 heavy (non-hydrogen) atoms. The Hall–Kier alpha value is -0.120. The van der Waals surface area contributed by atoms with Crippen molar-refractivity contribution < 1.29 is 14.6 Å². The first kappa shape index (κ1) is 11.4. The van der Waals surface area contributed by atoms with Crippen LogP contribution in [0.1, 0.15) is 40.0 Å². The molecule has 88 valence electrons. The molecule has 0 aromatic carbocycles. The Kier molecular flexibility index (Phi) is 2.82. The van der Waals surface area contributed by atoms with E-state index in [-0.39, 0.29) is 23.2 Å². The van der Waals surface area contributed by atoms with Crippen LogP contribution in [0.4, 0.5) is 0 Å². The molecular weight excluding hydrogens is 192 g/mol. The normalized spacial score (nSPS) is 35.2. The average molecular weight is 214 g/mol. The van der Waals surface area contributed by atoms with Crippen LogP contribution in [-0.2, 0) is 9.47 Å². The first-order valence-corrected chi connectivity index (χ1v) is 5.88. The second kappa shape index (κ2) is 3.72. The lowest BCUT2D eigenvalue weighted by molar-refractivity contribution is -0.249. The molecule has 2 unspecified atom stereocenters. The minimum Gasteiger partial charge on any atom is -0.392 e. The fraction of sp³-hybridized carbons (Fsp3) is 1.00. The maximum Gasteiger partial charge on any atom is 0.0689 e. The summed E-state index contributed by atoms with van der Waals surface area (Å²) >= 11 is 0. The van der Waals surface area contributed by atoms with Gasteiger partial charge in [0.25, 0.3) is 0 Å². The SMILES string of the molecule is CC(C)(C)OC1CC(O)C12CCOCC2. The van der Waals surface area contributed by atoms with Crippen LogP contribution in [0.15, 0.2) is 0 Å². The number of aliphatic hydroxyl groups is 1. The average Bonchev–Trinajstić information content (AvgIpc) is 2.17. The van der Waals surface area contributed by atoms with Crippen molar-refractivity contribution in [1.29, 1.82) is 0 Å². The van der Waals surface area contributed by atoms with Crippen molar-refractivity contribution in [3.63, 3.8) is 0 Å². The van der Waals surface area contributed by atoms with Gasteiger partial charge in [0, 0.05) is 25.0 Å². The highest BCUT2D eigenvalue weighted by Gasteiger charge is 2.56. The van der Waals surface area contributed by atoms with Crippen LogP contribution in [0.5, 0.6) is 0 Å². The van der Waals surface area contributed by atoms with Crippen LogP contribution in [0.25, 0.3) is 0 Å². The van der Waals surface area contributed by atoms with Gasteiger partial charge in [-0.2, -0.15) is 0 Å². The summed E-state index contributed by atoms with van der Waals surface area (Å²) in [6.45, 7) is 7.75. The third-order valence-corrected chi connectivity index (χ3v) is 3.66. The Morgan fingerprint density at radius 3 is 2.33 bits per heavy atom. The second-order valence-corrected chi connectivity index (χ2v) is 5.82. The zero-order chi connectivity index (χ0) is 11.1. The minimum atomic E-state index is -0.186. The molecule has 0 radical (unpaired) electrons. The fourth-order valence-corrected chi connectivity index (χ4v) is 2.73. The molecule has 1 saturated heterocycles. The maximum absolute atomic E-state index is 9.95. The van der Waals surface area contributed by atoms with Crippen molar-refractivity contribution in [3.8, 4) is 0 Å². The van der Waals surface area contributed by atoms with Gasteiger partial charge in [0.1, 0.15) is 0 Å². The van der Waals surface area contributed by atoms with Crippen LogP contribution in [-0.4, -0.2) is 36.1 Å². The quantitative estimate of drug-likeness (QED) is 0.722. The molecule has 1 heterocycles. The highest BCUT2D eigenvalue weighted by Crippen LogP contribution is 2.51. The fourth-order valence-electron chi connectivity index (χ4n) is 2.73. The van der Waals surface area contributed by atoms with Crippen LogP contribution in [0, 0.1) is 5.41 Å². The summed E-state index contributed by atoms with van der Waals surface area (Å²) in [6, 6.07) is 0. The summed E-state index contributed by atoms with van der Waals surface area (Å²) in [5.41, 5.74) is -0.123. The van der Waals surface area contributed by atoms with E-state index in [4.69, 9.17) is 9.47 Å². The van der Waals surface area contributed by atoms with Crippen molar-refractivity contribution in [2.45, 2.75) is 57.8 Å². The summed E-state index contributed by atoms with van der Waals surface area (Å²) in [4.78, 5) is 0. The van der Waals surface area contributed by atoms with Gasteiger partial charge in [-0.1, -0.05) is 0 Å². The third kappa shape index (κ3) is 2.05. The van der Waals surface area contributed by atoms with Gasteiger partial charge in [0.15, 0.2) is 0 Å². The lowest BCUT2D eigenvalue weighted by Gasteiger charge is -2.56. The van der Waals surface area contributed by atoms with Crippen LogP contribution in [0.3, 0.4) is 0 Å². The molecule has 1 saturated carbocycles. The van der Waals surface area contributed by atoms with Gasteiger partial charge in [0.2, 0.25) is 0 Å². The first-order valence-electron chi connectivity index (χ1n) is 5.88. The third-order valence-electron chi connectivity index (χ3n) is 3.66. The molecule has 1 aliphatic carbocycles. The molecule has 2 aliphatic rings. The molecule has 3 nitrogen and oxygen atoms in total. The molecule has 1 aliphatic heterocycles. The molecule has 2 rings (SSSR count). The van der Waals surface area contributed by atoms with Crippen molar-refractivity contribution in [2.24, 2.45) is 5.41 Å². The summed E-state index contributed by atoms with van der Waals surface area (Å²) in [7, 11) is 0. The van der Waals surface area contributed by atoms with Gasteiger partial charge >= 0.3 is 0 Å². The van der Waals surface area contributed by atoms with Crippen molar-refractivity contribution >= 4 is 0 Å². The number of hydrogen-bond donors (Lipinski definition) is 1. The van der Waals surface area contributed by atoms with E-state index in [1.165, 1.54) is 0 Å². The summed E-state index contributed by atoms with van der Waals surface area (Å²) < 4.78 is 11.4. The summed E-state index contributed by atoms with van der Waals surface area (Å²) in [6.07, 6.45) is 2.70. The number of aliphatic hydroxyl groups excluding tert-OH is 1. The van der Waals surface area contributed by atoms with E-state index in [0.717, 1.165) is 32.5 Å². The van der Waals surface area contributed by atoms with Crippen molar-refractivity contribution in [1.82, 2.24) is 0 Å². The largest absolute Gasteiger partial charge is 0.392 e. The number of rotatable bonds is 1. The molecular formula is C12H22O3. The maximum atomic E-state index is 9.95. The second-order valence-electron chi connectivity index (χ2n) is 5.82. The predicted octanol–water partition coefficient (Wildman–Crippen LogP) is 1.73.